The molecule has 0 radical (unpaired) electrons. The fourth-order valence-corrected chi connectivity index (χ4v) is 5.29. The van der Waals surface area contributed by atoms with Crippen molar-refractivity contribution in [3.05, 3.63) is 22.8 Å². The van der Waals surface area contributed by atoms with Crippen LogP contribution in [-0.4, -0.2) is 47.2 Å². The molecule has 2 saturated carbocycles. The molecule has 1 aliphatic heterocycles. The summed E-state index contributed by atoms with van der Waals surface area (Å²) in [5.74, 6) is 0.521. The van der Waals surface area contributed by atoms with Gasteiger partial charge in [-0.25, -0.2) is 4.98 Å². The summed E-state index contributed by atoms with van der Waals surface area (Å²) >= 11 is 6.48. The van der Waals surface area contributed by atoms with Crippen LogP contribution < -0.4 is 4.74 Å². The second-order valence-electron chi connectivity index (χ2n) is 8.74. The number of hydrogen-bond acceptors (Lipinski definition) is 4. The molecule has 3 aliphatic rings. The molecule has 29 heavy (non-hydrogen) atoms. The molecule has 1 amide bonds. The van der Waals surface area contributed by atoms with Crippen molar-refractivity contribution in [1.82, 2.24) is 9.88 Å². The highest BCUT2D eigenvalue weighted by molar-refractivity contribution is 6.32. The number of carbonyl (C=O) groups excluding carboxylic acids is 1. The second-order valence-corrected chi connectivity index (χ2v) is 9.14. The van der Waals surface area contributed by atoms with Gasteiger partial charge in [-0.05, 0) is 31.7 Å². The highest BCUT2D eigenvalue weighted by Gasteiger charge is 2.33. The van der Waals surface area contributed by atoms with Crippen LogP contribution in [0.5, 0.6) is 5.88 Å². The number of pyridine rings is 1. The number of carbonyl (C=O) groups is 1. The number of nitrogens with zero attached hydrogens (tertiary/aromatic N) is 2. The van der Waals surface area contributed by atoms with Gasteiger partial charge >= 0.3 is 0 Å². The highest BCUT2D eigenvalue weighted by Crippen LogP contribution is 2.33. The Labute approximate surface area is 179 Å². The molecule has 2 heterocycles. The zero-order valence-electron chi connectivity index (χ0n) is 17.3. The van der Waals surface area contributed by atoms with Gasteiger partial charge in [0.25, 0.3) is 5.91 Å². The van der Waals surface area contributed by atoms with E-state index in [-0.39, 0.29) is 12.0 Å². The maximum Gasteiger partial charge on any atom is 0.255 e. The van der Waals surface area contributed by atoms with Gasteiger partial charge in [-0.2, -0.15) is 0 Å². The van der Waals surface area contributed by atoms with Crippen molar-refractivity contribution in [1.29, 1.82) is 0 Å². The van der Waals surface area contributed by atoms with E-state index in [2.05, 4.69) is 9.88 Å². The molecule has 1 saturated heterocycles. The normalized spacial score (nSPS) is 22.4. The van der Waals surface area contributed by atoms with Gasteiger partial charge in [-0.15, -0.1) is 0 Å². The standard InChI is InChI=1S/C23H33ClN2O3/c24-21-15-17(16-25-22(21)29-20-11-13-28-14-12-20)23(27)26(18-7-3-1-4-8-18)19-9-5-2-6-10-19/h15-16,18-20H,1-14H2. The van der Waals surface area contributed by atoms with Crippen molar-refractivity contribution in [3.63, 3.8) is 0 Å². The van der Waals surface area contributed by atoms with Crippen molar-refractivity contribution >= 4 is 17.5 Å². The highest BCUT2D eigenvalue weighted by atomic mass is 35.5. The van der Waals surface area contributed by atoms with Gasteiger partial charge in [0.1, 0.15) is 11.1 Å². The number of ether oxygens (including phenoxy) is 2. The predicted octanol–water partition coefficient (Wildman–Crippen LogP) is 5.40. The number of hydrogen-bond donors (Lipinski definition) is 0. The van der Waals surface area contributed by atoms with E-state index >= 15 is 0 Å². The molecule has 2 aliphatic carbocycles. The smallest absolute Gasteiger partial charge is 0.255 e. The van der Waals surface area contributed by atoms with E-state index in [1.807, 2.05) is 0 Å². The Morgan fingerprint density at radius 3 is 2.10 bits per heavy atom. The number of rotatable bonds is 5. The van der Waals surface area contributed by atoms with Crippen LogP contribution in [0.3, 0.4) is 0 Å². The van der Waals surface area contributed by atoms with E-state index in [4.69, 9.17) is 21.1 Å². The summed E-state index contributed by atoms with van der Waals surface area (Å²) in [4.78, 5) is 20.2. The zero-order valence-corrected chi connectivity index (χ0v) is 18.0. The molecule has 0 unspecified atom stereocenters. The molecule has 0 spiro atoms. The Hall–Kier alpha value is -1.33. The van der Waals surface area contributed by atoms with Crippen LogP contribution in [0.1, 0.15) is 87.4 Å². The zero-order chi connectivity index (χ0) is 20.1. The lowest BCUT2D eigenvalue weighted by molar-refractivity contribution is 0.0237. The summed E-state index contributed by atoms with van der Waals surface area (Å²) in [6, 6.07) is 2.47. The third-order valence-corrected chi connectivity index (χ3v) is 6.94. The van der Waals surface area contributed by atoms with Gasteiger partial charge in [-0.3, -0.25) is 4.79 Å². The molecule has 1 aromatic heterocycles. The van der Waals surface area contributed by atoms with Crippen LogP contribution in [-0.2, 0) is 4.74 Å². The van der Waals surface area contributed by atoms with Crippen LogP contribution in [0, 0.1) is 0 Å². The first-order valence-electron chi connectivity index (χ1n) is 11.4. The quantitative estimate of drug-likeness (QED) is 0.639. The molecule has 4 rings (SSSR count). The molecule has 0 bridgehead atoms. The summed E-state index contributed by atoms with van der Waals surface area (Å²) in [6.45, 7) is 1.41. The number of amides is 1. The van der Waals surface area contributed by atoms with Crippen LogP contribution in [0.25, 0.3) is 0 Å². The molecule has 0 aromatic carbocycles. The maximum absolute atomic E-state index is 13.6. The first-order valence-corrected chi connectivity index (χ1v) is 11.8. The Morgan fingerprint density at radius 2 is 1.55 bits per heavy atom. The molecule has 160 valence electrons. The molecule has 0 N–H and O–H groups in total. The molecular formula is C23H33ClN2O3. The first kappa shape index (κ1) is 20.9. The molecular weight excluding hydrogens is 388 g/mol. The van der Waals surface area contributed by atoms with E-state index < -0.39 is 0 Å². The predicted molar refractivity (Wildman–Crippen MR) is 114 cm³/mol. The van der Waals surface area contributed by atoms with E-state index in [1.165, 1.54) is 38.5 Å². The van der Waals surface area contributed by atoms with Gasteiger partial charge in [0.05, 0.1) is 18.8 Å². The molecule has 3 fully saturated rings. The van der Waals surface area contributed by atoms with Crippen LogP contribution in [0.2, 0.25) is 5.02 Å². The van der Waals surface area contributed by atoms with E-state index in [1.54, 1.807) is 12.3 Å². The van der Waals surface area contributed by atoms with Crippen molar-refractivity contribution in [2.24, 2.45) is 0 Å². The van der Waals surface area contributed by atoms with Gasteiger partial charge < -0.3 is 14.4 Å². The van der Waals surface area contributed by atoms with Crippen molar-refractivity contribution < 1.29 is 14.3 Å². The Morgan fingerprint density at radius 1 is 0.966 bits per heavy atom. The number of halogens is 1. The average Bonchev–Trinajstić information content (AvgIpc) is 2.77. The Balaban J connectivity index is 1.50. The van der Waals surface area contributed by atoms with Gasteiger partial charge in [0, 0.05) is 31.1 Å². The lowest BCUT2D eigenvalue weighted by atomic mass is 9.88. The molecule has 1 aromatic rings. The Kier molecular flexibility index (Phi) is 7.30. The third kappa shape index (κ3) is 5.24. The van der Waals surface area contributed by atoms with Crippen molar-refractivity contribution in [2.75, 3.05) is 13.2 Å². The minimum absolute atomic E-state index is 0.0799. The summed E-state index contributed by atoms with van der Waals surface area (Å²) in [5.41, 5.74) is 0.588. The lowest BCUT2D eigenvalue weighted by Gasteiger charge is -2.41. The summed E-state index contributed by atoms with van der Waals surface area (Å²) < 4.78 is 11.3. The summed E-state index contributed by atoms with van der Waals surface area (Å²) in [5, 5.41) is 0.426. The molecule has 6 heteroatoms. The topological polar surface area (TPSA) is 51.7 Å². The fourth-order valence-electron chi connectivity index (χ4n) is 5.08. The molecule has 0 atom stereocenters. The Bertz CT molecular complexity index is 663. The monoisotopic (exact) mass is 420 g/mol. The lowest BCUT2D eigenvalue weighted by Crippen LogP contribution is -2.48. The number of aromatic nitrogens is 1. The first-order chi connectivity index (χ1) is 14.2. The fraction of sp³-hybridized carbons (Fsp3) is 0.739. The minimum atomic E-state index is 0.0799. The van der Waals surface area contributed by atoms with Crippen molar-refractivity contribution in [2.45, 2.75) is 95.2 Å². The van der Waals surface area contributed by atoms with Crippen LogP contribution in [0.15, 0.2) is 12.3 Å². The summed E-state index contributed by atoms with van der Waals surface area (Å²) in [7, 11) is 0. The average molecular weight is 421 g/mol. The summed E-state index contributed by atoms with van der Waals surface area (Å²) in [6.07, 6.45) is 15.4. The van der Waals surface area contributed by atoms with Crippen molar-refractivity contribution in [3.8, 4) is 5.88 Å². The van der Waals surface area contributed by atoms with Gasteiger partial charge in [0.15, 0.2) is 0 Å². The van der Waals surface area contributed by atoms with Crippen LogP contribution in [0.4, 0.5) is 0 Å². The second kappa shape index (κ2) is 10.1. The van der Waals surface area contributed by atoms with Gasteiger partial charge in [-0.1, -0.05) is 50.1 Å². The third-order valence-electron chi connectivity index (χ3n) is 6.67. The van der Waals surface area contributed by atoms with E-state index in [0.717, 1.165) is 38.5 Å². The van der Waals surface area contributed by atoms with E-state index in [9.17, 15) is 4.79 Å². The maximum atomic E-state index is 13.6. The van der Waals surface area contributed by atoms with E-state index in [0.29, 0.717) is 41.8 Å². The van der Waals surface area contributed by atoms with Gasteiger partial charge in [0.2, 0.25) is 5.88 Å². The van der Waals surface area contributed by atoms with Crippen LogP contribution >= 0.6 is 11.6 Å². The largest absolute Gasteiger partial charge is 0.473 e. The SMILES string of the molecule is O=C(c1cnc(OC2CCOCC2)c(Cl)c1)N(C1CCCCC1)C1CCCCC1. The minimum Gasteiger partial charge on any atom is -0.473 e. The molecule has 5 nitrogen and oxygen atoms in total.